The minimum absolute atomic E-state index is 0.309. The lowest BCUT2D eigenvalue weighted by Gasteiger charge is -2.06. The Kier molecular flexibility index (Phi) is 5.31. The van der Waals surface area contributed by atoms with Crippen LogP contribution < -0.4 is 5.32 Å². The summed E-state index contributed by atoms with van der Waals surface area (Å²) in [5.74, 6) is -0.309. The van der Waals surface area contributed by atoms with E-state index in [2.05, 4.69) is 10.5 Å². The summed E-state index contributed by atoms with van der Waals surface area (Å²) in [4.78, 5) is 16.9. The SMILES string of the molecule is Cc1ccc(CO/N=C\C(=O)Nc2ccc(C)cc2C)cc1. The molecule has 0 heterocycles. The molecule has 4 nitrogen and oxygen atoms in total. The van der Waals surface area contributed by atoms with E-state index in [0.29, 0.717) is 6.61 Å². The van der Waals surface area contributed by atoms with E-state index in [0.717, 1.165) is 28.6 Å². The molecule has 1 amide bonds. The van der Waals surface area contributed by atoms with Crippen LogP contribution in [0.1, 0.15) is 22.3 Å². The lowest BCUT2D eigenvalue weighted by Crippen LogP contribution is -2.13. The van der Waals surface area contributed by atoms with Crippen LogP contribution in [0.15, 0.2) is 47.6 Å². The van der Waals surface area contributed by atoms with Crippen LogP contribution in [0.4, 0.5) is 5.69 Å². The molecule has 0 radical (unpaired) electrons. The van der Waals surface area contributed by atoms with Crippen molar-refractivity contribution < 1.29 is 9.63 Å². The van der Waals surface area contributed by atoms with Crippen LogP contribution in [0.5, 0.6) is 0 Å². The zero-order chi connectivity index (χ0) is 15.9. The van der Waals surface area contributed by atoms with E-state index in [1.807, 2.05) is 63.2 Å². The number of oxime groups is 1. The number of hydrogen-bond acceptors (Lipinski definition) is 3. The quantitative estimate of drug-likeness (QED) is 0.675. The Balaban J connectivity index is 1.82. The molecule has 2 aromatic rings. The molecular formula is C18H20N2O2. The lowest BCUT2D eigenvalue weighted by molar-refractivity contribution is -0.110. The number of nitrogens with zero attached hydrogens (tertiary/aromatic N) is 1. The monoisotopic (exact) mass is 296 g/mol. The highest BCUT2D eigenvalue weighted by Gasteiger charge is 2.02. The fourth-order valence-electron chi connectivity index (χ4n) is 2.00. The zero-order valence-corrected chi connectivity index (χ0v) is 13.1. The molecule has 4 heteroatoms. The first-order valence-corrected chi connectivity index (χ1v) is 7.14. The van der Waals surface area contributed by atoms with E-state index in [9.17, 15) is 4.79 Å². The van der Waals surface area contributed by atoms with E-state index in [1.54, 1.807) is 0 Å². The first-order valence-electron chi connectivity index (χ1n) is 7.14. The van der Waals surface area contributed by atoms with Gasteiger partial charge in [-0.2, -0.15) is 0 Å². The minimum atomic E-state index is -0.309. The topological polar surface area (TPSA) is 50.7 Å². The van der Waals surface area contributed by atoms with Gasteiger partial charge in [-0.25, -0.2) is 0 Å². The second-order valence-corrected chi connectivity index (χ2v) is 5.30. The van der Waals surface area contributed by atoms with Gasteiger partial charge in [-0.1, -0.05) is 52.7 Å². The van der Waals surface area contributed by atoms with Gasteiger partial charge in [0.25, 0.3) is 5.91 Å². The molecule has 0 fully saturated rings. The van der Waals surface area contributed by atoms with Gasteiger partial charge < -0.3 is 10.2 Å². The predicted molar refractivity (Wildman–Crippen MR) is 89.0 cm³/mol. The molecule has 0 spiro atoms. The van der Waals surface area contributed by atoms with Crippen molar-refractivity contribution in [2.75, 3.05) is 5.32 Å². The van der Waals surface area contributed by atoms with Gasteiger partial charge in [0.2, 0.25) is 0 Å². The molecule has 0 bridgehead atoms. The second kappa shape index (κ2) is 7.41. The highest BCUT2D eigenvalue weighted by Crippen LogP contribution is 2.15. The van der Waals surface area contributed by atoms with Crippen LogP contribution in [0.25, 0.3) is 0 Å². The summed E-state index contributed by atoms with van der Waals surface area (Å²) < 4.78 is 0. The normalized spacial score (nSPS) is 10.7. The minimum Gasteiger partial charge on any atom is -0.391 e. The Bertz CT molecular complexity index is 676. The van der Waals surface area contributed by atoms with Crippen molar-refractivity contribution in [1.29, 1.82) is 0 Å². The average Bonchev–Trinajstić information content (AvgIpc) is 2.48. The molecule has 114 valence electrons. The smallest absolute Gasteiger partial charge is 0.270 e. The van der Waals surface area contributed by atoms with Crippen LogP contribution in [0, 0.1) is 20.8 Å². The van der Waals surface area contributed by atoms with Crippen LogP contribution >= 0.6 is 0 Å². The van der Waals surface area contributed by atoms with E-state index in [4.69, 9.17) is 4.84 Å². The molecule has 2 rings (SSSR count). The Morgan fingerprint density at radius 1 is 1.09 bits per heavy atom. The maximum atomic E-state index is 11.8. The van der Waals surface area contributed by atoms with Crippen LogP contribution in [-0.2, 0) is 16.2 Å². The van der Waals surface area contributed by atoms with Crippen molar-refractivity contribution >= 4 is 17.8 Å². The molecule has 2 aromatic carbocycles. The molecule has 0 saturated heterocycles. The molecule has 1 N–H and O–H groups in total. The van der Waals surface area contributed by atoms with Gasteiger partial charge in [-0.05, 0) is 38.0 Å². The first-order chi connectivity index (χ1) is 10.5. The van der Waals surface area contributed by atoms with Crippen molar-refractivity contribution in [3.05, 3.63) is 64.7 Å². The molecule has 0 aromatic heterocycles. The van der Waals surface area contributed by atoms with E-state index in [-0.39, 0.29) is 5.91 Å². The highest BCUT2D eigenvalue weighted by molar-refractivity contribution is 6.31. The van der Waals surface area contributed by atoms with Crippen LogP contribution in [-0.4, -0.2) is 12.1 Å². The highest BCUT2D eigenvalue weighted by atomic mass is 16.6. The van der Waals surface area contributed by atoms with Gasteiger partial charge in [-0.15, -0.1) is 0 Å². The molecule has 0 aliphatic heterocycles. The summed E-state index contributed by atoms with van der Waals surface area (Å²) in [5.41, 5.74) is 5.16. The fraction of sp³-hybridized carbons (Fsp3) is 0.222. The zero-order valence-electron chi connectivity index (χ0n) is 13.1. The molecule has 0 saturated carbocycles. The Hall–Kier alpha value is -2.62. The van der Waals surface area contributed by atoms with Gasteiger partial charge in [0.15, 0.2) is 0 Å². The Labute approximate surface area is 130 Å². The Morgan fingerprint density at radius 3 is 2.45 bits per heavy atom. The van der Waals surface area contributed by atoms with E-state index < -0.39 is 0 Å². The van der Waals surface area contributed by atoms with Gasteiger partial charge in [-0.3, -0.25) is 4.79 Å². The number of amides is 1. The summed E-state index contributed by atoms with van der Waals surface area (Å²) >= 11 is 0. The standard InChI is InChI=1S/C18H20N2O2/c1-13-4-7-16(8-5-13)12-22-19-11-18(21)20-17-9-6-14(2)10-15(17)3/h4-11H,12H2,1-3H3,(H,20,21)/b19-11-. The number of carbonyl (C=O) groups is 1. The summed E-state index contributed by atoms with van der Waals surface area (Å²) in [6, 6.07) is 13.8. The molecule has 0 unspecified atom stereocenters. The molecule has 22 heavy (non-hydrogen) atoms. The van der Waals surface area contributed by atoms with Crippen LogP contribution in [0.2, 0.25) is 0 Å². The lowest BCUT2D eigenvalue weighted by atomic mass is 10.1. The first kappa shape index (κ1) is 15.8. The molecule has 0 aliphatic rings. The number of rotatable bonds is 5. The number of anilines is 1. The Morgan fingerprint density at radius 2 is 1.77 bits per heavy atom. The molecule has 0 aliphatic carbocycles. The summed E-state index contributed by atoms with van der Waals surface area (Å²) in [5, 5.41) is 6.47. The summed E-state index contributed by atoms with van der Waals surface area (Å²) in [7, 11) is 0. The largest absolute Gasteiger partial charge is 0.391 e. The van der Waals surface area contributed by atoms with E-state index in [1.165, 1.54) is 5.56 Å². The fourth-order valence-corrected chi connectivity index (χ4v) is 2.00. The van der Waals surface area contributed by atoms with Gasteiger partial charge in [0.05, 0.1) is 0 Å². The second-order valence-electron chi connectivity index (χ2n) is 5.30. The van der Waals surface area contributed by atoms with Gasteiger partial charge in [0, 0.05) is 5.69 Å². The average molecular weight is 296 g/mol. The van der Waals surface area contributed by atoms with Crippen molar-refractivity contribution in [2.24, 2.45) is 5.16 Å². The summed E-state index contributed by atoms with van der Waals surface area (Å²) in [6.45, 7) is 6.33. The van der Waals surface area contributed by atoms with E-state index >= 15 is 0 Å². The third-order valence-electron chi connectivity index (χ3n) is 3.24. The van der Waals surface area contributed by atoms with Crippen LogP contribution in [0.3, 0.4) is 0 Å². The van der Waals surface area contributed by atoms with Crippen molar-refractivity contribution in [1.82, 2.24) is 0 Å². The maximum absolute atomic E-state index is 11.8. The number of aryl methyl sites for hydroxylation is 3. The molecular weight excluding hydrogens is 276 g/mol. The third kappa shape index (κ3) is 4.74. The summed E-state index contributed by atoms with van der Waals surface area (Å²) in [6.07, 6.45) is 1.15. The van der Waals surface area contributed by atoms with Crippen molar-refractivity contribution in [3.63, 3.8) is 0 Å². The van der Waals surface area contributed by atoms with Crippen molar-refractivity contribution in [2.45, 2.75) is 27.4 Å². The molecule has 0 atom stereocenters. The number of carbonyl (C=O) groups excluding carboxylic acids is 1. The van der Waals surface area contributed by atoms with Crippen molar-refractivity contribution in [3.8, 4) is 0 Å². The number of nitrogens with one attached hydrogen (secondary N) is 1. The number of benzene rings is 2. The maximum Gasteiger partial charge on any atom is 0.270 e. The van der Waals surface area contributed by atoms with Gasteiger partial charge in [0.1, 0.15) is 12.8 Å². The number of hydrogen-bond donors (Lipinski definition) is 1. The van der Waals surface area contributed by atoms with Gasteiger partial charge >= 0.3 is 0 Å². The predicted octanol–water partition coefficient (Wildman–Crippen LogP) is 3.75. The third-order valence-corrected chi connectivity index (χ3v) is 3.24.